The molecule has 5 heteroatoms. The minimum atomic E-state index is -0.254. The van der Waals surface area contributed by atoms with E-state index >= 15 is 0 Å². The molecule has 2 fully saturated rings. The molecule has 2 unspecified atom stereocenters. The molecule has 4 rings (SSSR count). The van der Waals surface area contributed by atoms with Crippen LogP contribution in [0.3, 0.4) is 0 Å². The second kappa shape index (κ2) is 11.2. The Balaban J connectivity index is 1.55. The molecule has 2 bridgehead atoms. The Kier molecular flexibility index (Phi) is 7.84. The van der Waals surface area contributed by atoms with Crippen LogP contribution in [0.4, 0.5) is 5.69 Å². The number of rotatable bonds is 6. The lowest BCUT2D eigenvalue weighted by Crippen LogP contribution is -2.40. The van der Waals surface area contributed by atoms with Crippen LogP contribution in [0, 0.1) is 5.92 Å². The number of fused-ring (bicyclic) bond motifs is 2. The molecule has 178 valence electrons. The Morgan fingerprint density at radius 3 is 2.71 bits per heavy atom. The molecule has 1 aromatic carbocycles. The van der Waals surface area contributed by atoms with E-state index in [1.54, 1.807) is 18.2 Å². The standard InChI is InChI=1S/C29H34N2O3/c1-3-5-13-22(4-2)28(32)30-25-16-9-8-15-24(25)26-17-18-27(34-26)29(33)31-19-10-12-21-11-6-7-14-23(31)20-21/h3-5,8-9,13,15-18,21,23H,2,6-7,10-12,14,19-20H2,1H3,(H,30,32)/b5-3-,22-13+. The fourth-order valence-corrected chi connectivity index (χ4v) is 5.16. The maximum absolute atomic E-state index is 13.4. The van der Waals surface area contributed by atoms with Crippen molar-refractivity contribution in [2.45, 2.75) is 57.9 Å². The highest BCUT2D eigenvalue weighted by Crippen LogP contribution is 2.35. The summed E-state index contributed by atoms with van der Waals surface area (Å²) in [6.07, 6.45) is 15.1. The summed E-state index contributed by atoms with van der Waals surface area (Å²) < 4.78 is 6.08. The van der Waals surface area contributed by atoms with E-state index in [1.807, 2.05) is 48.2 Å². The number of anilines is 1. The van der Waals surface area contributed by atoms with E-state index in [9.17, 15) is 9.59 Å². The Labute approximate surface area is 202 Å². The van der Waals surface area contributed by atoms with Crippen molar-refractivity contribution < 1.29 is 14.0 Å². The highest BCUT2D eigenvalue weighted by molar-refractivity contribution is 6.07. The molecule has 2 aromatic rings. The number of amides is 2. The van der Waals surface area contributed by atoms with Crippen molar-refractivity contribution in [3.05, 3.63) is 78.6 Å². The second-order valence-electron chi connectivity index (χ2n) is 9.20. The van der Waals surface area contributed by atoms with Gasteiger partial charge in [0, 0.05) is 23.7 Å². The molecule has 0 radical (unpaired) electrons. The number of allylic oxidation sites excluding steroid dienone is 3. The van der Waals surface area contributed by atoms with Gasteiger partial charge in [-0.05, 0) is 68.9 Å². The number of hydrogen-bond donors (Lipinski definition) is 1. The Morgan fingerprint density at radius 2 is 1.88 bits per heavy atom. The molecule has 34 heavy (non-hydrogen) atoms. The van der Waals surface area contributed by atoms with Gasteiger partial charge in [0.05, 0.1) is 5.69 Å². The van der Waals surface area contributed by atoms with E-state index in [0.717, 1.165) is 37.3 Å². The SMILES string of the molecule is C=C/C(=C\C=C/C)C(=O)Nc1ccccc1-c1ccc(C(=O)N2CCCC3CCCCC2C3)o1. The van der Waals surface area contributed by atoms with E-state index < -0.39 is 0 Å². The molecule has 0 spiro atoms. The number of carbonyl (C=O) groups excluding carboxylic acids is 2. The molecule has 1 N–H and O–H groups in total. The summed E-state index contributed by atoms with van der Waals surface area (Å²) in [5.74, 6) is 1.39. The number of nitrogens with zero attached hydrogens (tertiary/aromatic N) is 1. The predicted octanol–water partition coefficient (Wildman–Crippen LogP) is 6.76. The predicted molar refractivity (Wildman–Crippen MR) is 137 cm³/mol. The van der Waals surface area contributed by atoms with Crippen molar-refractivity contribution in [3.63, 3.8) is 0 Å². The number of para-hydroxylation sites is 1. The van der Waals surface area contributed by atoms with E-state index in [-0.39, 0.29) is 11.8 Å². The first kappa shape index (κ1) is 23.8. The minimum absolute atomic E-state index is 0.0245. The van der Waals surface area contributed by atoms with Crippen molar-refractivity contribution in [2.75, 3.05) is 11.9 Å². The van der Waals surface area contributed by atoms with E-state index in [4.69, 9.17) is 4.42 Å². The molecular formula is C29H34N2O3. The number of carbonyl (C=O) groups is 2. The molecule has 5 nitrogen and oxygen atoms in total. The van der Waals surface area contributed by atoms with Gasteiger partial charge in [-0.15, -0.1) is 0 Å². The molecule has 1 aliphatic carbocycles. The lowest BCUT2D eigenvalue weighted by molar-refractivity contribution is -0.112. The fourth-order valence-electron chi connectivity index (χ4n) is 5.16. The average Bonchev–Trinajstić information content (AvgIpc) is 3.10. The lowest BCUT2D eigenvalue weighted by Gasteiger charge is -2.29. The van der Waals surface area contributed by atoms with Crippen LogP contribution in [0.1, 0.15) is 62.4 Å². The topological polar surface area (TPSA) is 62.6 Å². The summed E-state index contributed by atoms with van der Waals surface area (Å²) in [6, 6.07) is 11.3. The van der Waals surface area contributed by atoms with Crippen LogP contribution in [0.2, 0.25) is 0 Å². The number of benzene rings is 1. The lowest BCUT2D eigenvalue weighted by atomic mass is 9.95. The zero-order valence-electron chi connectivity index (χ0n) is 20.0. The molecular weight excluding hydrogens is 424 g/mol. The molecule has 2 aliphatic rings. The zero-order valence-corrected chi connectivity index (χ0v) is 20.0. The number of furan rings is 1. The maximum Gasteiger partial charge on any atom is 0.289 e. The molecule has 2 heterocycles. The van der Waals surface area contributed by atoms with Gasteiger partial charge in [0.15, 0.2) is 5.76 Å². The molecule has 1 saturated carbocycles. The number of likely N-dealkylation sites (tertiary alicyclic amines) is 1. The second-order valence-corrected chi connectivity index (χ2v) is 9.20. The highest BCUT2D eigenvalue weighted by atomic mass is 16.4. The quantitative estimate of drug-likeness (QED) is 0.384. The Hall–Kier alpha value is -3.34. The van der Waals surface area contributed by atoms with Gasteiger partial charge in [0.1, 0.15) is 5.76 Å². The summed E-state index contributed by atoms with van der Waals surface area (Å²) in [4.78, 5) is 28.2. The molecule has 2 amide bonds. The molecule has 1 aromatic heterocycles. The largest absolute Gasteiger partial charge is 0.451 e. The first-order valence-corrected chi connectivity index (χ1v) is 12.4. The van der Waals surface area contributed by atoms with Crippen LogP contribution >= 0.6 is 0 Å². The Bertz CT molecular complexity index is 1090. The van der Waals surface area contributed by atoms with Gasteiger partial charge in [-0.3, -0.25) is 9.59 Å². The normalized spacial score (nSPS) is 21.1. The number of nitrogens with one attached hydrogen (secondary N) is 1. The zero-order chi connectivity index (χ0) is 23.9. The summed E-state index contributed by atoms with van der Waals surface area (Å²) in [5.41, 5.74) is 1.82. The first-order valence-electron chi connectivity index (χ1n) is 12.4. The Morgan fingerprint density at radius 1 is 1.09 bits per heavy atom. The highest BCUT2D eigenvalue weighted by Gasteiger charge is 2.32. The van der Waals surface area contributed by atoms with Crippen molar-refractivity contribution in [1.29, 1.82) is 0 Å². The third-order valence-electron chi connectivity index (χ3n) is 6.93. The van der Waals surface area contributed by atoms with E-state index in [0.29, 0.717) is 28.8 Å². The minimum Gasteiger partial charge on any atom is -0.451 e. The van der Waals surface area contributed by atoms with E-state index in [2.05, 4.69) is 11.9 Å². The van der Waals surface area contributed by atoms with Crippen LogP contribution in [0.25, 0.3) is 11.3 Å². The summed E-state index contributed by atoms with van der Waals surface area (Å²) >= 11 is 0. The molecule has 1 saturated heterocycles. The first-order chi connectivity index (χ1) is 16.6. The van der Waals surface area contributed by atoms with Gasteiger partial charge in [-0.2, -0.15) is 0 Å². The fraction of sp³-hybridized carbons (Fsp3) is 0.379. The van der Waals surface area contributed by atoms with Crippen LogP contribution in [-0.2, 0) is 4.79 Å². The van der Waals surface area contributed by atoms with Gasteiger partial charge in [0.25, 0.3) is 11.8 Å². The van der Waals surface area contributed by atoms with Crippen molar-refractivity contribution in [3.8, 4) is 11.3 Å². The third kappa shape index (κ3) is 5.41. The van der Waals surface area contributed by atoms with Gasteiger partial charge in [-0.1, -0.05) is 56.2 Å². The van der Waals surface area contributed by atoms with Crippen LogP contribution < -0.4 is 5.32 Å². The van der Waals surface area contributed by atoms with Gasteiger partial charge in [-0.25, -0.2) is 0 Å². The van der Waals surface area contributed by atoms with Gasteiger partial charge >= 0.3 is 0 Å². The summed E-state index contributed by atoms with van der Waals surface area (Å²) in [7, 11) is 0. The van der Waals surface area contributed by atoms with Crippen molar-refractivity contribution in [1.82, 2.24) is 4.90 Å². The monoisotopic (exact) mass is 458 g/mol. The third-order valence-corrected chi connectivity index (χ3v) is 6.93. The van der Waals surface area contributed by atoms with Crippen molar-refractivity contribution >= 4 is 17.5 Å². The summed E-state index contributed by atoms with van der Waals surface area (Å²) in [5, 5.41) is 2.95. The van der Waals surface area contributed by atoms with Crippen LogP contribution in [0.5, 0.6) is 0 Å². The maximum atomic E-state index is 13.4. The molecule has 2 atom stereocenters. The van der Waals surface area contributed by atoms with Gasteiger partial charge < -0.3 is 14.6 Å². The van der Waals surface area contributed by atoms with Crippen molar-refractivity contribution in [2.24, 2.45) is 5.92 Å². The molecule has 1 aliphatic heterocycles. The van der Waals surface area contributed by atoms with Crippen LogP contribution in [-0.4, -0.2) is 29.3 Å². The summed E-state index contributed by atoms with van der Waals surface area (Å²) in [6.45, 7) is 6.42. The average molecular weight is 459 g/mol. The van der Waals surface area contributed by atoms with Gasteiger partial charge in [0.2, 0.25) is 0 Å². The smallest absolute Gasteiger partial charge is 0.289 e. The van der Waals surface area contributed by atoms with Crippen LogP contribution in [0.15, 0.2) is 77.3 Å². The van der Waals surface area contributed by atoms with E-state index in [1.165, 1.54) is 31.8 Å². The number of hydrogen-bond acceptors (Lipinski definition) is 3.